The second-order valence-corrected chi connectivity index (χ2v) is 7.41. The van der Waals surface area contributed by atoms with E-state index in [1.165, 1.54) is 45.1 Å². The summed E-state index contributed by atoms with van der Waals surface area (Å²) in [5, 5.41) is 8.38. The van der Waals surface area contributed by atoms with Crippen molar-refractivity contribution in [3.63, 3.8) is 0 Å². The molecule has 92 valence electrons. The maximum absolute atomic E-state index is 3.80. The van der Waals surface area contributed by atoms with E-state index in [2.05, 4.69) is 22.1 Å². The van der Waals surface area contributed by atoms with Crippen LogP contribution >= 0.6 is 11.3 Å². The van der Waals surface area contributed by atoms with Crippen LogP contribution in [0.15, 0.2) is 16.8 Å². The molecule has 2 heteroatoms. The number of fused-ring (bicyclic) bond motifs is 1. The van der Waals surface area contributed by atoms with Gasteiger partial charge in [-0.3, -0.25) is 0 Å². The molecule has 0 aliphatic heterocycles. The minimum atomic E-state index is 0.608. The minimum absolute atomic E-state index is 0.608. The Morgan fingerprint density at radius 3 is 2.76 bits per heavy atom. The fourth-order valence-electron chi connectivity index (χ4n) is 3.83. The van der Waals surface area contributed by atoms with Crippen LogP contribution in [0.1, 0.15) is 37.7 Å². The highest BCUT2D eigenvalue weighted by Crippen LogP contribution is 2.60. The number of nitrogens with one attached hydrogen (secondary N) is 1. The molecule has 1 nitrogen and oxygen atoms in total. The van der Waals surface area contributed by atoms with Crippen LogP contribution in [0.5, 0.6) is 0 Å². The number of hydrogen-bond acceptors (Lipinski definition) is 2. The average Bonchev–Trinajstić information content (AvgIpc) is 3.20. The molecule has 1 heterocycles. The summed E-state index contributed by atoms with van der Waals surface area (Å²) < 4.78 is 0. The molecular formula is C15H21NS. The van der Waals surface area contributed by atoms with Crippen LogP contribution in [-0.2, 0) is 6.42 Å². The van der Waals surface area contributed by atoms with E-state index in [-0.39, 0.29) is 0 Å². The second-order valence-electron chi connectivity index (χ2n) is 6.63. The molecule has 0 spiro atoms. The van der Waals surface area contributed by atoms with Crippen LogP contribution in [-0.4, -0.2) is 12.6 Å². The Kier molecular flexibility index (Phi) is 2.38. The van der Waals surface area contributed by atoms with Crippen molar-refractivity contribution in [1.82, 2.24) is 5.32 Å². The second kappa shape index (κ2) is 3.83. The molecule has 0 radical (unpaired) electrons. The van der Waals surface area contributed by atoms with Gasteiger partial charge < -0.3 is 5.32 Å². The highest BCUT2D eigenvalue weighted by Gasteiger charge is 2.53. The summed E-state index contributed by atoms with van der Waals surface area (Å²) in [5.74, 6) is 2.18. The van der Waals surface area contributed by atoms with Gasteiger partial charge >= 0.3 is 0 Å². The van der Waals surface area contributed by atoms with E-state index in [9.17, 15) is 0 Å². The number of rotatable bonds is 5. The monoisotopic (exact) mass is 247 g/mol. The van der Waals surface area contributed by atoms with E-state index >= 15 is 0 Å². The van der Waals surface area contributed by atoms with Crippen molar-refractivity contribution in [1.29, 1.82) is 0 Å². The molecular weight excluding hydrogens is 226 g/mol. The Bertz CT molecular complexity index is 383. The Morgan fingerprint density at radius 2 is 2.12 bits per heavy atom. The molecule has 2 atom stereocenters. The standard InChI is InChI=1S/C15H21NS/c1-2-14(1)16-10-15(6-11-3-4-17-9-11)7-12-5-13(12)8-15/h3-4,9,12-14,16H,1-2,5-8,10H2. The molecule has 3 aliphatic carbocycles. The van der Waals surface area contributed by atoms with Gasteiger partial charge in [0, 0.05) is 12.6 Å². The lowest BCUT2D eigenvalue weighted by atomic mass is 9.78. The van der Waals surface area contributed by atoms with E-state index in [0.717, 1.165) is 17.9 Å². The van der Waals surface area contributed by atoms with Gasteiger partial charge in [0.1, 0.15) is 0 Å². The van der Waals surface area contributed by atoms with Crippen LogP contribution in [0.4, 0.5) is 0 Å². The summed E-state index contributed by atoms with van der Waals surface area (Å²) in [6.45, 7) is 1.28. The molecule has 1 N–H and O–H groups in total. The topological polar surface area (TPSA) is 12.0 Å². The summed E-state index contributed by atoms with van der Waals surface area (Å²) >= 11 is 1.85. The summed E-state index contributed by atoms with van der Waals surface area (Å²) in [7, 11) is 0. The Balaban J connectivity index is 1.46. The van der Waals surface area contributed by atoms with Crippen molar-refractivity contribution in [3.8, 4) is 0 Å². The molecule has 0 saturated heterocycles. The molecule has 1 aromatic rings. The lowest BCUT2D eigenvalue weighted by molar-refractivity contribution is 0.248. The highest BCUT2D eigenvalue weighted by molar-refractivity contribution is 7.07. The zero-order valence-electron chi connectivity index (χ0n) is 10.3. The molecule has 2 unspecified atom stereocenters. The fourth-order valence-corrected chi connectivity index (χ4v) is 4.50. The van der Waals surface area contributed by atoms with Crippen molar-refractivity contribution >= 4 is 11.3 Å². The lowest BCUT2D eigenvalue weighted by Crippen LogP contribution is -2.36. The quantitative estimate of drug-likeness (QED) is 0.840. The Morgan fingerprint density at radius 1 is 1.29 bits per heavy atom. The SMILES string of the molecule is c1cc(CC2(CNC3CC3)CC3CC3C2)cs1. The van der Waals surface area contributed by atoms with E-state index in [1.807, 2.05) is 11.3 Å². The third-order valence-electron chi connectivity index (χ3n) is 4.96. The van der Waals surface area contributed by atoms with Crippen LogP contribution in [0, 0.1) is 17.3 Å². The van der Waals surface area contributed by atoms with Gasteiger partial charge in [-0.15, -0.1) is 0 Å². The van der Waals surface area contributed by atoms with Crippen LogP contribution in [0.25, 0.3) is 0 Å². The molecule has 3 aliphatic rings. The van der Waals surface area contributed by atoms with Crippen LogP contribution in [0.3, 0.4) is 0 Å². The molecule has 4 rings (SSSR count). The van der Waals surface area contributed by atoms with Gasteiger partial charge in [-0.1, -0.05) is 0 Å². The van der Waals surface area contributed by atoms with Gasteiger partial charge in [-0.25, -0.2) is 0 Å². The fraction of sp³-hybridized carbons (Fsp3) is 0.733. The molecule has 1 aromatic heterocycles. The zero-order chi connectivity index (χ0) is 11.3. The molecule has 17 heavy (non-hydrogen) atoms. The van der Waals surface area contributed by atoms with Gasteiger partial charge in [-0.2, -0.15) is 11.3 Å². The minimum Gasteiger partial charge on any atom is -0.313 e. The first kappa shape index (κ1) is 10.6. The largest absolute Gasteiger partial charge is 0.313 e. The van der Waals surface area contributed by atoms with Gasteiger partial charge in [0.2, 0.25) is 0 Å². The smallest absolute Gasteiger partial charge is 0.00684 e. The van der Waals surface area contributed by atoms with Gasteiger partial charge in [0.25, 0.3) is 0 Å². The van der Waals surface area contributed by atoms with Crippen molar-refractivity contribution < 1.29 is 0 Å². The number of hydrogen-bond donors (Lipinski definition) is 1. The van der Waals surface area contributed by atoms with Gasteiger partial charge in [0.15, 0.2) is 0 Å². The average molecular weight is 247 g/mol. The molecule has 0 bridgehead atoms. The van der Waals surface area contributed by atoms with E-state index in [4.69, 9.17) is 0 Å². The van der Waals surface area contributed by atoms with E-state index < -0.39 is 0 Å². The Labute approximate surface area is 108 Å². The van der Waals surface area contributed by atoms with Gasteiger partial charge in [0.05, 0.1) is 0 Å². The maximum Gasteiger partial charge on any atom is 0.00684 e. The van der Waals surface area contributed by atoms with Gasteiger partial charge in [-0.05, 0) is 78.2 Å². The molecule has 3 fully saturated rings. The molecule has 0 amide bonds. The number of thiophene rings is 1. The molecule has 0 aromatic carbocycles. The predicted molar refractivity (Wildman–Crippen MR) is 72.3 cm³/mol. The van der Waals surface area contributed by atoms with E-state index in [0.29, 0.717) is 5.41 Å². The highest BCUT2D eigenvalue weighted by atomic mass is 32.1. The normalized spacial score (nSPS) is 39.3. The summed E-state index contributed by atoms with van der Waals surface area (Å²) in [4.78, 5) is 0. The third kappa shape index (κ3) is 2.17. The first-order chi connectivity index (χ1) is 8.33. The van der Waals surface area contributed by atoms with Crippen molar-refractivity contribution in [2.45, 2.75) is 44.6 Å². The van der Waals surface area contributed by atoms with Crippen molar-refractivity contribution in [3.05, 3.63) is 22.4 Å². The van der Waals surface area contributed by atoms with E-state index in [1.54, 1.807) is 5.56 Å². The van der Waals surface area contributed by atoms with Crippen LogP contribution < -0.4 is 5.32 Å². The zero-order valence-corrected chi connectivity index (χ0v) is 11.1. The summed E-state index contributed by atoms with van der Waals surface area (Å²) in [6, 6.07) is 3.19. The van der Waals surface area contributed by atoms with Crippen molar-refractivity contribution in [2.75, 3.05) is 6.54 Å². The first-order valence-electron chi connectivity index (χ1n) is 7.07. The Hall–Kier alpha value is -0.340. The van der Waals surface area contributed by atoms with Crippen LogP contribution in [0.2, 0.25) is 0 Å². The predicted octanol–water partition coefficient (Wildman–Crippen LogP) is 3.46. The first-order valence-corrected chi connectivity index (χ1v) is 8.02. The van der Waals surface area contributed by atoms with Crippen molar-refractivity contribution in [2.24, 2.45) is 17.3 Å². The molecule has 3 saturated carbocycles. The maximum atomic E-state index is 3.80. The lowest BCUT2D eigenvalue weighted by Gasteiger charge is -2.31. The summed E-state index contributed by atoms with van der Waals surface area (Å²) in [5.41, 5.74) is 2.19. The summed E-state index contributed by atoms with van der Waals surface area (Å²) in [6.07, 6.45) is 8.68. The third-order valence-corrected chi connectivity index (χ3v) is 5.69.